The Labute approximate surface area is 153 Å². The van der Waals surface area contributed by atoms with Gasteiger partial charge in [0.15, 0.2) is 0 Å². The van der Waals surface area contributed by atoms with Gasteiger partial charge in [-0.1, -0.05) is 34.8 Å². The Balaban J connectivity index is 2.15. The highest BCUT2D eigenvalue weighted by atomic mass is 35.5. The van der Waals surface area contributed by atoms with E-state index in [1.165, 1.54) is 12.3 Å². The van der Waals surface area contributed by atoms with E-state index < -0.39 is 5.91 Å². The quantitative estimate of drug-likeness (QED) is 0.407. The van der Waals surface area contributed by atoms with E-state index in [0.717, 1.165) is 0 Å². The van der Waals surface area contributed by atoms with Crippen LogP contribution in [-0.4, -0.2) is 5.91 Å². The number of nitrogens with one attached hydrogen (secondary N) is 2. The number of rotatable bonds is 4. The molecule has 0 spiro atoms. The van der Waals surface area contributed by atoms with Crippen molar-refractivity contribution in [3.05, 3.63) is 63.2 Å². The van der Waals surface area contributed by atoms with Crippen molar-refractivity contribution < 1.29 is 4.79 Å². The smallest absolute Gasteiger partial charge is 0.267 e. The summed E-state index contributed by atoms with van der Waals surface area (Å²) < 4.78 is 0. The Hall–Kier alpha value is -2.39. The van der Waals surface area contributed by atoms with Crippen LogP contribution in [0.1, 0.15) is 0 Å². The zero-order valence-corrected chi connectivity index (χ0v) is 14.4. The van der Waals surface area contributed by atoms with Crippen molar-refractivity contribution in [3.8, 4) is 6.07 Å². The van der Waals surface area contributed by atoms with Gasteiger partial charge in [-0.15, -0.1) is 0 Å². The average Bonchev–Trinajstić information content (AvgIpc) is 2.52. The van der Waals surface area contributed by atoms with Crippen LogP contribution in [0.25, 0.3) is 0 Å². The predicted octanol–water partition coefficient (Wildman–Crippen LogP) is 4.69. The molecule has 2 aromatic rings. The predicted molar refractivity (Wildman–Crippen MR) is 98.3 cm³/mol. The molecule has 0 atom stereocenters. The number of nitrogens with zero attached hydrogens (tertiary/aromatic N) is 1. The van der Waals surface area contributed by atoms with Crippen LogP contribution in [0.15, 0.2) is 48.2 Å². The van der Waals surface area contributed by atoms with Crippen LogP contribution in [-0.2, 0) is 4.79 Å². The van der Waals surface area contributed by atoms with E-state index in [0.29, 0.717) is 27.1 Å². The molecule has 0 fully saturated rings. The highest BCUT2D eigenvalue weighted by Gasteiger charge is 2.12. The molecule has 2 rings (SSSR count). The number of hydrogen-bond acceptors (Lipinski definition) is 4. The van der Waals surface area contributed by atoms with Gasteiger partial charge < -0.3 is 16.4 Å². The molecule has 0 saturated heterocycles. The standard InChI is InChI=1S/C16H11Cl3N4O/c17-10-1-3-15(12(18)5-10)23-16(24)9(7-20)8-22-14-4-2-11(21)6-13(14)19/h1-6,8,22H,21H2,(H,23,24)/b9-8-. The van der Waals surface area contributed by atoms with Gasteiger partial charge in [-0.3, -0.25) is 4.79 Å². The molecular weight excluding hydrogens is 371 g/mol. The highest BCUT2D eigenvalue weighted by molar-refractivity contribution is 6.37. The Bertz CT molecular complexity index is 859. The number of anilines is 3. The van der Waals surface area contributed by atoms with Gasteiger partial charge in [-0.25, -0.2) is 0 Å². The van der Waals surface area contributed by atoms with Crippen molar-refractivity contribution in [2.24, 2.45) is 0 Å². The largest absolute Gasteiger partial charge is 0.399 e. The van der Waals surface area contributed by atoms with Crippen molar-refractivity contribution in [3.63, 3.8) is 0 Å². The Kier molecular flexibility index (Phi) is 5.93. The molecule has 122 valence electrons. The number of nitrogen functional groups attached to an aromatic ring is 1. The molecule has 0 unspecified atom stereocenters. The van der Waals surface area contributed by atoms with E-state index in [4.69, 9.17) is 45.8 Å². The van der Waals surface area contributed by atoms with Crippen molar-refractivity contribution >= 4 is 57.8 Å². The second-order valence-electron chi connectivity index (χ2n) is 4.63. The number of nitrogens with two attached hydrogens (primary N) is 1. The van der Waals surface area contributed by atoms with Crippen LogP contribution in [0.2, 0.25) is 15.1 Å². The van der Waals surface area contributed by atoms with E-state index >= 15 is 0 Å². The van der Waals surface area contributed by atoms with E-state index in [-0.39, 0.29) is 10.6 Å². The van der Waals surface area contributed by atoms with Crippen molar-refractivity contribution in [1.82, 2.24) is 0 Å². The third-order valence-electron chi connectivity index (χ3n) is 2.91. The molecule has 0 aliphatic heterocycles. The van der Waals surface area contributed by atoms with Gasteiger partial charge in [-0.05, 0) is 36.4 Å². The van der Waals surface area contributed by atoms with Crippen LogP contribution in [0, 0.1) is 11.3 Å². The van der Waals surface area contributed by atoms with Crippen LogP contribution in [0.5, 0.6) is 0 Å². The molecule has 0 bridgehead atoms. The second kappa shape index (κ2) is 7.93. The SMILES string of the molecule is N#C/C(=C/Nc1ccc(N)cc1Cl)C(=O)Nc1ccc(Cl)cc1Cl. The minimum Gasteiger partial charge on any atom is -0.399 e. The van der Waals surface area contributed by atoms with Crippen LogP contribution in [0.4, 0.5) is 17.1 Å². The topological polar surface area (TPSA) is 90.9 Å². The Morgan fingerprint density at radius 3 is 2.38 bits per heavy atom. The average molecular weight is 382 g/mol. The van der Waals surface area contributed by atoms with E-state index in [1.807, 2.05) is 0 Å². The molecule has 5 nitrogen and oxygen atoms in total. The molecule has 1 amide bonds. The van der Waals surface area contributed by atoms with Crippen molar-refractivity contribution in [1.29, 1.82) is 5.26 Å². The molecule has 2 aromatic carbocycles. The van der Waals surface area contributed by atoms with Crippen LogP contribution < -0.4 is 16.4 Å². The maximum Gasteiger partial charge on any atom is 0.267 e. The fraction of sp³-hybridized carbons (Fsp3) is 0. The van der Waals surface area contributed by atoms with Crippen molar-refractivity contribution in [2.45, 2.75) is 0 Å². The maximum atomic E-state index is 12.2. The number of amides is 1. The molecule has 0 saturated carbocycles. The Morgan fingerprint density at radius 2 is 1.75 bits per heavy atom. The van der Waals surface area contributed by atoms with Gasteiger partial charge in [-0.2, -0.15) is 5.26 Å². The lowest BCUT2D eigenvalue weighted by Gasteiger charge is -2.08. The molecule has 24 heavy (non-hydrogen) atoms. The Morgan fingerprint density at radius 1 is 1.08 bits per heavy atom. The molecule has 0 aliphatic rings. The molecule has 8 heteroatoms. The number of carbonyl (C=O) groups excluding carboxylic acids is 1. The molecule has 0 aliphatic carbocycles. The molecule has 0 radical (unpaired) electrons. The fourth-order valence-corrected chi connectivity index (χ4v) is 2.43. The van der Waals surface area contributed by atoms with Gasteiger partial charge in [0.2, 0.25) is 0 Å². The lowest BCUT2D eigenvalue weighted by molar-refractivity contribution is -0.112. The minimum atomic E-state index is -0.624. The number of hydrogen-bond donors (Lipinski definition) is 3. The zero-order valence-electron chi connectivity index (χ0n) is 12.1. The third-order valence-corrected chi connectivity index (χ3v) is 3.77. The van der Waals surface area contributed by atoms with Gasteiger partial charge in [0.25, 0.3) is 5.91 Å². The molecule has 4 N–H and O–H groups in total. The second-order valence-corrected chi connectivity index (χ2v) is 5.88. The first-order chi connectivity index (χ1) is 11.4. The lowest BCUT2D eigenvalue weighted by atomic mass is 10.2. The number of nitriles is 1. The summed E-state index contributed by atoms with van der Waals surface area (Å²) in [6, 6.07) is 11.2. The third kappa shape index (κ3) is 4.56. The van der Waals surface area contributed by atoms with Gasteiger partial charge in [0.1, 0.15) is 11.6 Å². The van der Waals surface area contributed by atoms with Gasteiger partial charge >= 0.3 is 0 Å². The van der Waals surface area contributed by atoms with Gasteiger partial charge in [0.05, 0.1) is 21.4 Å². The minimum absolute atomic E-state index is 0.158. The summed E-state index contributed by atoms with van der Waals surface area (Å²) in [5.41, 5.74) is 6.80. The first-order valence-corrected chi connectivity index (χ1v) is 7.72. The molecular formula is C16H11Cl3N4O. The summed E-state index contributed by atoms with van der Waals surface area (Å²) in [6.45, 7) is 0. The first-order valence-electron chi connectivity index (χ1n) is 6.59. The summed E-state index contributed by atoms with van der Waals surface area (Å²) in [7, 11) is 0. The zero-order chi connectivity index (χ0) is 17.7. The first kappa shape index (κ1) is 18.0. The molecule has 0 heterocycles. The summed E-state index contributed by atoms with van der Waals surface area (Å²) in [4.78, 5) is 12.2. The van der Waals surface area contributed by atoms with Gasteiger partial charge in [0, 0.05) is 16.9 Å². The highest BCUT2D eigenvalue weighted by Crippen LogP contribution is 2.26. The van der Waals surface area contributed by atoms with E-state index in [1.54, 1.807) is 36.4 Å². The summed E-state index contributed by atoms with van der Waals surface area (Å²) in [5, 5.41) is 15.6. The van der Waals surface area contributed by atoms with Crippen molar-refractivity contribution in [2.75, 3.05) is 16.4 Å². The van der Waals surface area contributed by atoms with Crippen LogP contribution in [0.3, 0.4) is 0 Å². The lowest BCUT2D eigenvalue weighted by Crippen LogP contribution is -2.14. The number of benzene rings is 2. The van der Waals surface area contributed by atoms with E-state index in [9.17, 15) is 4.79 Å². The van der Waals surface area contributed by atoms with Crippen LogP contribution >= 0.6 is 34.8 Å². The maximum absolute atomic E-state index is 12.2. The summed E-state index contributed by atoms with van der Waals surface area (Å²) >= 11 is 17.8. The number of halogens is 3. The monoisotopic (exact) mass is 380 g/mol. The van der Waals surface area contributed by atoms with E-state index in [2.05, 4.69) is 10.6 Å². The fourth-order valence-electron chi connectivity index (χ4n) is 1.73. The molecule has 0 aromatic heterocycles. The summed E-state index contributed by atoms with van der Waals surface area (Å²) in [5.74, 6) is -0.624. The summed E-state index contributed by atoms with van der Waals surface area (Å²) in [6.07, 6.45) is 1.25. The normalized spacial score (nSPS) is 10.8. The number of carbonyl (C=O) groups is 1.